The number of hydrogen-bond acceptors (Lipinski definition) is 3. The Morgan fingerprint density at radius 2 is 1.92 bits per heavy atom. The lowest BCUT2D eigenvalue weighted by molar-refractivity contribution is 0.0842. The highest BCUT2D eigenvalue weighted by molar-refractivity contribution is 5.95. The standard InChI is InChI=1S/C18H19F2NO3/c1-11-3-4-12(2)15(7-11)18(23)21-9-13(22)10-24-14-5-6-16(19)17(20)8-14/h3-8,13,22H,9-10H2,1-2H3,(H,21,23). The SMILES string of the molecule is Cc1ccc(C)c(C(=O)NCC(O)COc2ccc(F)c(F)c2)c1. The van der Waals surface area contributed by atoms with Crippen molar-refractivity contribution in [3.63, 3.8) is 0 Å². The second-order valence-corrected chi connectivity index (χ2v) is 5.57. The molecule has 2 N–H and O–H groups in total. The van der Waals surface area contributed by atoms with Crippen LogP contribution < -0.4 is 10.1 Å². The van der Waals surface area contributed by atoms with E-state index in [0.717, 1.165) is 23.3 Å². The lowest BCUT2D eigenvalue weighted by Gasteiger charge is -2.14. The first-order chi connectivity index (χ1) is 11.4. The van der Waals surface area contributed by atoms with Crippen molar-refractivity contribution < 1.29 is 23.4 Å². The molecule has 0 aromatic heterocycles. The number of rotatable bonds is 6. The van der Waals surface area contributed by atoms with Gasteiger partial charge in [-0.25, -0.2) is 8.78 Å². The van der Waals surface area contributed by atoms with Gasteiger partial charge in [-0.3, -0.25) is 4.79 Å². The molecule has 6 heteroatoms. The number of ether oxygens (including phenoxy) is 1. The molecule has 0 radical (unpaired) electrons. The number of aliphatic hydroxyl groups excluding tert-OH is 1. The van der Waals surface area contributed by atoms with Crippen LogP contribution in [0, 0.1) is 25.5 Å². The number of aliphatic hydroxyl groups is 1. The van der Waals surface area contributed by atoms with Gasteiger partial charge in [0.25, 0.3) is 5.91 Å². The average Bonchev–Trinajstić information content (AvgIpc) is 2.56. The van der Waals surface area contributed by atoms with Crippen LogP contribution in [0.1, 0.15) is 21.5 Å². The summed E-state index contributed by atoms with van der Waals surface area (Å²) in [6, 6.07) is 8.65. The van der Waals surface area contributed by atoms with Crippen molar-refractivity contribution >= 4 is 5.91 Å². The van der Waals surface area contributed by atoms with E-state index in [1.165, 1.54) is 6.07 Å². The van der Waals surface area contributed by atoms with Crippen molar-refractivity contribution in [2.45, 2.75) is 20.0 Å². The summed E-state index contributed by atoms with van der Waals surface area (Å²) in [4.78, 5) is 12.1. The van der Waals surface area contributed by atoms with Crippen LogP contribution in [0.5, 0.6) is 5.75 Å². The van der Waals surface area contributed by atoms with Gasteiger partial charge >= 0.3 is 0 Å². The molecular weight excluding hydrogens is 316 g/mol. The molecule has 2 aromatic rings. The third-order valence-electron chi connectivity index (χ3n) is 3.47. The molecule has 128 valence electrons. The summed E-state index contributed by atoms with van der Waals surface area (Å²) in [5.41, 5.74) is 2.35. The number of benzene rings is 2. The number of amides is 1. The van der Waals surface area contributed by atoms with E-state index < -0.39 is 17.7 Å². The first-order valence-electron chi connectivity index (χ1n) is 7.48. The Morgan fingerprint density at radius 1 is 1.17 bits per heavy atom. The van der Waals surface area contributed by atoms with Crippen LogP contribution in [-0.2, 0) is 0 Å². The van der Waals surface area contributed by atoms with Gasteiger partial charge in [-0.15, -0.1) is 0 Å². The molecule has 4 nitrogen and oxygen atoms in total. The Kier molecular flexibility index (Phi) is 5.87. The van der Waals surface area contributed by atoms with E-state index in [4.69, 9.17) is 4.74 Å². The van der Waals surface area contributed by atoms with E-state index in [2.05, 4.69) is 5.32 Å². The number of hydrogen-bond donors (Lipinski definition) is 2. The van der Waals surface area contributed by atoms with Gasteiger partial charge in [0.1, 0.15) is 18.5 Å². The Morgan fingerprint density at radius 3 is 2.62 bits per heavy atom. The van der Waals surface area contributed by atoms with E-state index in [1.807, 2.05) is 26.0 Å². The number of carbonyl (C=O) groups is 1. The summed E-state index contributed by atoms with van der Waals surface area (Å²) in [6.07, 6.45) is -0.979. The maximum absolute atomic E-state index is 13.0. The monoisotopic (exact) mass is 335 g/mol. The molecule has 2 rings (SSSR count). The first-order valence-corrected chi connectivity index (χ1v) is 7.48. The molecule has 0 aliphatic rings. The Bertz CT molecular complexity index is 734. The molecule has 0 heterocycles. The van der Waals surface area contributed by atoms with Crippen molar-refractivity contribution in [1.82, 2.24) is 5.32 Å². The van der Waals surface area contributed by atoms with Crippen molar-refractivity contribution in [3.05, 3.63) is 64.7 Å². The van der Waals surface area contributed by atoms with Crippen LogP contribution in [0.15, 0.2) is 36.4 Å². The predicted octanol–water partition coefficient (Wildman–Crippen LogP) is 2.75. The normalized spacial score (nSPS) is 11.9. The molecule has 0 saturated carbocycles. The molecule has 0 fully saturated rings. The minimum atomic E-state index is -1.02. The molecule has 24 heavy (non-hydrogen) atoms. The maximum Gasteiger partial charge on any atom is 0.251 e. The summed E-state index contributed by atoms with van der Waals surface area (Å²) in [6.45, 7) is 3.55. The minimum Gasteiger partial charge on any atom is -0.491 e. The summed E-state index contributed by atoms with van der Waals surface area (Å²) in [5, 5.41) is 12.5. The highest BCUT2D eigenvalue weighted by atomic mass is 19.2. The van der Waals surface area contributed by atoms with Gasteiger partial charge in [0.05, 0.1) is 0 Å². The van der Waals surface area contributed by atoms with Gasteiger partial charge in [-0.05, 0) is 37.6 Å². The third kappa shape index (κ3) is 4.76. The average molecular weight is 335 g/mol. The van der Waals surface area contributed by atoms with Gasteiger partial charge in [0.2, 0.25) is 0 Å². The number of aryl methyl sites for hydroxylation is 2. The van der Waals surface area contributed by atoms with Gasteiger partial charge in [0.15, 0.2) is 11.6 Å². The molecule has 0 bridgehead atoms. The van der Waals surface area contributed by atoms with Crippen molar-refractivity contribution in [2.24, 2.45) is 0 Å². The molecule has 1 atom stereocenters. The largest absolute Gasteiger partial charge is 0.491 e. The second-order valence-electron chi connectivity index (χ2n) is 5.57. The second kappa shape index (κ2) is 7.88. The fourth-order valence-electron chi connectivity index (χ4n) is 2.10. The zero-order valence-corrected chi connectivity index (χ0v) is 13.5. The topological polar surface area (TPSA) is 58.6 Å². The fraction of sp³-hybridized carbons (Fsp3) is 0.278. The zero-order valence-electron chi connectivity index (χ0n) is 13.5. The molecule has 0 aliphatic carbocycles. The smallest absolute Gasteiger partial charge is 0.251 e. The van der Waals surface area contributed by atoms with E-state index in [9.17, 15) is 18.7 Å². The maximum atomic E-state index is 13.0. The lowest BCUT2D eigenvalue weighted by atomic mass is 10.1. The molecular formula is C18H19F2NO3. The number of carbonyl (C=O) groups excluding carboxylic acids is 1. The molecule has 0 spiro atoms. The van der Waals surface area contributed by atoms with Gasteiger partial charge in [-0.2, -0.15) is 0 Å². The fourth-order valence-corrected chi connectivity index (χ4v) is 2.10. The van der Waals surface area contributed by atoms with Crippen LogP contribution in [-0.4, -0.2) is 30.3 Å². The summed E-state index contributed by atoms with van der Waals surface area (Å²) >= 11 is 0. The molecule has 0 saturated heterocycles. The van der Waals surface area contributed by atoms with Crippen LogP contribution in [0.3, 0.4) is 0 Å². The van der Waals surface area contributed by atoms with Crippen LogP contribution in [0.2, 0.25) is 0 Å². The van der Waals surface area contributed by atoms with E-state index in [1.54, 1.807) is 6.07 Å². The van der Waals surface area contributed by atoms with Crippen LogP contribution in [0.25, 0.3) is 0 Å². The Balaban J connectivity index is 1.84. The van der Waals surface area contributed by atoms with Crippen molar-refractivity contribution in [1.29, 1.82) is 0 Å². The molecule has 1 amide bonds. The highest BCUT2D eigenvalue weighted by Crippen LogP contribution is 2.15. The van der Waals surface area contributed by atoms with Gasteiger partial charge in [-0.1, -0.05) is 17.7 Å². The van der Waals surface area contributed by atoms with Crippen molar-refractivity contribution in [2.75, 3.05) is 13.2 Å². The summed E-state index contributed by atoms with van der Waals surface area (Å²) in [5.74, 6) is -2.18. The van der Waals surface area contributed by atoms with E-state index in [-0.39, 0.29) is 24.8 Å². The van der Waals surface area contributed by atoms with Crippen LogP contribution in [0.4, 0.5) is 8.78 Å². The van der Waals surface area contributed by atoms with Gasteiger partial charge in [0, 0.05) is 18.2 Å². The van der Waals surface area contributed by atoms with Crippen LogP contribution >= 0.6 is 0 Å². The van der Waals surface area contributed by atoms with E-state index >= 15 is 0 Å². The highest BCUT2D eigenvalue weighted by Gasteiger charge is 2.12. The molecule has 1 unspecified atom stereocenters. The summed E-state index contributed by atoms with van der Waals surface area (Å²) < 4.78 is 31.0. The minimum absolute atomic E-state index is 0.0180. The Hall–Kier alpha value is -2.47. The summed E-state index contributed by atoms with van der Waals surface area (Å²) in [7, 11) is 0. The molecule has 0 aliphatic heterocycles. The Labute approximate surface area is 139 Å². The van der Waals surface area contributed by atoms with E-state index in [0.29, 0.717) is 5.56 Å². The van der Waals surface area contributed by atoms with Gasteiger partial charge < -0.3 is 15.2 Å². The quantitative estimate of drug-likeness (QED) is 0.853. The predicted molar refractivity (Wildman–Crippen MR) is 86.1 cm³/mol. The number of halogens is 2. The molecule has 2 aromatic carbocycles. The third-order valence-corrected chi connectivity index (χ3v) is 3.47. The lowest BCUT2D eigenvalue weighted by Crippen LogP contribution is -2.35. The number of nitrogens with one attached hydrogen (secondary N) is 1. The first kappa shape index (κ1) is 17.9. The zero-order chi connectivity index (χ0) is 17.7. The van der Waals surface area contributed by atoms with Crippen molar-refractivity contribution in [3.8, 4) is 5.75 Å².